The summed E-state index contributed by atoms with van der Waals surface area (Å²) in [6, 6.07) is 0. The Morgan fingerprint density at radius 2 is 2.23 bits per heavy atom. The molecule has 0 amide bonds. The molecule has 0 fully saturated rings. The zero-order valence-corrected chi connectivity index (χ0v) is 6.90. The number of hydrogen-bond acceptors (Lipinski definition) is 3. The van der Waals surface area contributed by atoms with Gasteiger partial charge in [0.05, 0.1) is 12.5 Å². The summed E-state index contributed by atoms with van der Waals surface area (Å²) in [7, 11) is 0. The SMILES string of the molecule is O=CCC1=COC2=CC=COC2=C1. The van der Waals surface area contributed by atoms with Gasteiger partial charge in [-0.15, -0.1) is 0 Å². The van der Waals surface area contributed by atoms with Crippen molar-refractivity contribution in [3.63, 3.8) is 0 Å². The van der Waals surface area contributed by atoms with Crippen LogP contribution in [0.25, 0.3) is 0 Å². The monoisotopic (exact) mass is 176 g/mol. The highest BCUT2D eigenvalue weighted by Gasteiger charge is 2.14. The van der Waals surface area contributed by atoms with Crippen molar-refractivity contribution in [2.24, 2.45) is 0 Å². The lowest BCUT2D eigenvalue weighted by molar-refractivity contribution is -0.107. The number of fused-ring (bicyclic) bond motifs is 1. The van der Waals surface area contributed by atoms with Gasteiger partial charge in [0, 0.05) is 6.42 Å². The van der Waals surface area contributed by atoms with Crippen molar-refractivity contribution >= 4 is 6.29 Å². The summed E-state index contributed by atoms with van der Waals surface area (Å²) in [4.78, 5) is 10.2. The van der Waals surface area contributed by atoms with Gasteiger partial charge in [-0.2, -0.15) is 0 Å². The normalized spacial score (nSPS) is 18.6. The molecule has 0 aromatic carbocycles. The van der Waals surface area contributed by atoms with Gasteiger partial charge in [0.25, 0.3) is 0 Å². The van der Waals surface area contributed by atoms with Crippen LogP contribution in [0.5, 0.6) is 0 Å². The Morgan fingerprint density at radius 3 is 3.08 bits per heavy atom. The topological polar surface area (TPSA) is 35.5 Å². The van der Waals surface area contributed by atoms with Crippen LogP contribution in [0.1, 0.15) is 6.42 Å². The van der Waals surface area contributed by atoms with Crippen molar-refractivity contribution in [1.82, 2.24) is 0 Å². The van der Waals surface area contributed by atoms with Crippen molar-refractivity contribution in [3.05, 3.63) is 47.8 Å². The Hall–Kier alpha value is -1.77. The average molecular weight is 176 g/mol. The van der Waals surface area contributed by atoms with E-state index in [2.05, 4.69) is 0 Å². The van der Waals surface area contributed by atoms with Crippen LogP contribution >= 0.6 is 0 Å². The molecule has 13 heavy (non-hydrogen) atoms. The van der Waals surface area contributed by atoms with Crippen molar-refractivity contribution in [2.45, 2.75) is 6.42 Å². The lowest BCUT2D eigenvalue weighted by Gasteiger charge is -2.17. The molecule has 0 radical (unpaired) electrons. The van der Waals surface area contributed by atoms with Gasteiger partial charge in [-0.3, -0.25) is 0 Å². The maximum atomic E-state index is 10.2. The number of hydrogen-bond donors (Lipinski definition) is 0. The first-order chi connectivity index (χ1) is 6.40. The van der Waals surface area contributed by atoms with Crippen LogP contribution in [-0.4, -0.2) is 6.29 Å². The molecule has 0 bridgehead atoms. The Morgan fingerprint density at radius 1 is 1.31 bits per heavy atom. The molecule has 2 rings (SSSR count). The second kappa shape index (κ2) is 3.31. The van der Waals surface area contributed by atoms with Crippen molar-refractivity contribution < 1.29 is 14.3 Å². The molecule has 0 spiro atoms. The van der Waals surface area contributed by atoms with Crippen LogP contribution in [0.15, 0.2) is 47.8 Å². The summed E-state index contributed by atoms with van der Waals surface area (Å²) in [5, 5.41) is 0. The Kier molecular flexibility index (Phi) is 2.00. The van der Waals surface area contributed by atoms with Gasteiger partial charge < -0.3 is 14.3 Å². The Balaban J connectivity index is 2.21. The lowest BCUT2D eigenvalue weighted by atomic mass is 10.1. The molecule has 2 heterocycles. The molecule has 2 aliphatic heterocycles. The fraction of sp³-hybridized carbons (Fsp3) is 0.100. The summed E-state index contributed by atoms with van der Waals surface area (Å²) in [6.45, 7) is 0. The summed E-state index contributed by atoms with van der Waals surface area (Å²) < 4.78 is 10.4. The number of allylic oxidation sites excluding steroid dienone is 4. The number of ether oxygens (including phenoxy) is 2. The number of rotatable bonds is 2. The second-order valence-electron chi connectivity index (χ2n) is 2.67. The number of aldehydes is 1. The van der Waals surface area contributed by atoms with Crippen LogP contribution in [0.2, 0.25) is 0 Å². The molecule has 2 aliphatic rings. The molecular formula is C10H8O3. The van der Waals surface area contributed by atoms with E-state index in [9.17, 15) is 4.79 Å². The zero-order valence-electron chi connectivity index (χ0n) is 6.90. The molecule has 3 nitrogen and oxygen atoms in total. The molecule has 0 aliphatic carbocycles. The smallest absolute Gasteiger partial charge is 0.169 e. The first-order valence-corrected chi connectivity index (χ1v) is 3.95. The molecule has 0 saturated heterocycles. The van der Waals surface area contributed by atoms with Crippen LogP contribution in [0.3, 0.4) is 0 Å². The molecule has 3 heteroatoms. The average Bonchev–Trinajstić information content (AvgIpc) is 2.18. The second-order valence-corrected chi connectivity index (χ2v) is 2.67. The summed E-state index contributed by atoms with van der Waals surface area (Å²) >= 11 is 0. The van der Waals surface area contributed by atoms with Gasteiger partial charge in [-0.05, 0) is 23.8 Å². The van der Waals surface area contributed by atoms with E-state index in [1.54, 1.807) is 24.7 Å². The molecular weight excluding hydrogens is 168 g/mol. The van der Waals surface area contributed by atoms with E-state index in [0.29, 0.717) is 17.9 Å². The Bertz CT molecular complexity index is 345. The molecule has 0 aromatic rings. The minimum atomic E-state index is 0.351. The van der Waals surface area contributed by atoms with Crippen LogP contribution in [0, 0.1) is 0 Å². The highest BCUT2D eigenvalue weighted by molar-refractivity contribution is 5.57. The van der Waals surface area contributed by atoms with E-state index in [-0.39, 0.29) is 0 Å². The van der Waals surface area contributed by atoms with Gasteiger partial charge in [0.1, 0.15) is 6.29 Å². The third kappa shape index (κ3) is 1.54. The van der Waals surface area contributed by atoms with Crippen molar-refractivity contribution in [3.8, 4) is 0 Å². The fourth-order valence-corrected chi connectivity index (χ4v) is 1.13. The van der Waals surface area contributed by atoms with E-state index >= 15 is 0 Å². The van der Waals surface area contributed by atoms with Gasteiger partial charge in [-0.25, -0.2) is 0 Å². The highest BCUT2D eigenvalue weighted by Crippen LogP contribution is 2.25. The van der Waals surface area contributed by atoms with Crippen LogP contribution < -0.4 is 0 Å². The third-order valence-corrected chi connectivity index (χ3v) is 1.74. The van der Waals surface area contributed by atoms with Gasteiger partial charge >= 0.3 is 0 Å². The molecule has 66 valence electrons. The van der Waals surface area contributed by atoms with Gasteiger partial charge in [0.15, 0.2) is 11.5 Å². The lowest BCUT2D eigenvalue weighted by Crippen LogP contribution is -2.03. The summed E-state index contributed by atoms with van der Waals surface area (Å²) in [5.74, 6) is 1.33. The minimum absolute atomic E-state index is 0.351. The molecule has 0 saturated carbocycles. The van der Waals surface area contributed by atoms with E-state index < -0.39 is 0 Å². The molecule has 0 N–H and O–H groups in total. The van der Waals surface area contributed by atoms with Crippen molar-refractivity contribution in [2.75, 3.05) is 0 Å². The number of carbonyl (C=O) groups excluding carboxylic acids is 1. The fourth-order valence-electron chi connectivity index (χ4n) is 1.13. The van der Waals surface area contributed by atoms with Crippen LogP contribution in [-0.2, 0) is 14.3 Å². The Labute approximate surface area is 75.6 Å². The van der Waals surface area contributed by atoms with E-state index in [4.69, 9.17) is 9.47 Å². The molecule has 0 aromatic heterocycles. The van der Waals surface area contributed by atoms with Crippen LogP contribution in [0.4, 0.5) is 0 Å². The van der Waals surface area contributed by atoms with Gasteiger partial charge in [0.2, 0.25) is 0 Å². The highest BCUT2D eigenvalue weighted by atomic mass is 16.5. The van der Waals surface area contributed by atoms with Gasteiger partial charge in [-0.1, -0.05) is 0 Å². The van der Waals surface area contributed by atoms with E-state index in [0.717, 1.165) is 11.9 Å². The molecule has 0 atom stereocenters. The summed E-state index contributed by atoms with van der Waals surface area (Å²) in [6.07, 6.45) is 9.68. The molecule has 0 unspecified atom stereocenters. The van der Waals surface area contributed by atoms with E-state index in [1.807, 2.05) is 6.08 Å². The minimum Gasteiger partial charge on any atom is -0.461 e. The maximum Gasteiger partial charge on any atom is 0.169 e. The predicted octanol–water partition coefficient (Wildman–Crippen LogP) is 1.80. The quantitative estimate of drug-likeness (QED) is 0.602. The largest absolute Gasteiger partial charge is 0.461 e. The number of carbonyl (C=O) groups is 1. The summed E-state index contributed by atoms with van der Waals surface area (Å²) in [5.41, 5.74) is 0.817. The standard InChI is InChI=1S/C10H8O3/c11-4-3-8-6-10-9(13-7-8)2-1-5-12-10/h1-2,4-7H,3H2. The first-order valence-electron chi connectivity index (χ1n) is 3.95. The van der Waals surface area contributed by atoms with Crippen molar-refractivity contribution in [1.29, 1.82) is 0 Å². The van der Waals surface area contributed by atoms with E-state index in [1.165, 1.54) is 0 Å². The maximum absolute atomic E-state index is 10.2. The predicted molar refractivity (Wildman–Crippen MR) is 46.2 cm³/mol. The first kappa shape index (κ1) is 7.86. The zero-order chi connectivity index (χ0) is 9.10. The third-order valence-electron chi connectivity index (χ3n) is 1.74.